The highest BCUT2D eigenvalue weighted by Gasteiger charge is 2.10. The molecule has 0 atom stereocenters. The number of nitrogens with one attached hydrogen (secondary N) is 1. The molecule has 1 aromatic carbocycles. The van der Waals surface area contributed by atoms with Crippen LogP contribution in [0.1, 0.15) is 36.5 Å². The van der Waals surface area contributed by atoms with Gasteiger partial charge >= 0.3 is 0 Å². The number of pyridine rings is 1. The molecule has 0 bridgehead atoms. The Morgan fingerprint density at radius 3 is 2.86 bits per heavy atom. The van der Waals surface area contributed by atoms with Crippen LogP contribution in [-0.2, 0) is 18.6 Å². The van der Waals surface area contributed by atoms with E-state index < -0.39 is 0 Å². The average molecular weight is 298 g/mol. The van der Waals surface area contributed by atoms with Crippen molar-refractivity contribution < 1.29 is 0 Å². The monoisotopic (exact) mass is 298 g/mol. The molecule has 0 fully saturated rings. The van der Waals surface area contributed by atoms with Crippen LogP contribution >= 0.6 is 11.8 Å². The van der Waals surface area contributed by atoms with Crippen LogP contribution in [0.5, 0.6) is 0 Å². The molecule has 21 heavy (non-hydrogen) atoms. The molecule has 110 valence electrons. The van der Waals surface area contributed by atoms with Gasteiger partial charge in [0, 0.05) is 23.4 Å². The highest BCUT2D eigenvalue weighted by atomic mass is 32.2. The van der Waals surface area contributed by atoms with Gasteiger partial charge in [0.15, 0.2) is 0 Å². The third kappa shape index (κ3) is 3.79. The minimum Gasteiger partial charge on any atom is -0.370 e. The minimum atomic E-state index is 0.975. The molecule has 3 rings (SSSR count). The molecule has 2 aromatic rings. The van der Waals surface area contributed by atoms with Crippen molar-refractivity contribution in [2.45, 2.75) is 43.3 Å². The molecule has 1 aliphatic carbocycles. The smallest absolute Gasteiger partial charge is 0.125 e. The van der Waals surface area contributed by atoms with Gasteiger partial charge in [-0.05, 0) is 60.6 Å². The molecule has 1 heterocycles. The van der Waals surface area contributed by atoms with Gasteiger partial charge in [0.05, 0.1) is 0 Å². The maximum atomic E-state index is 4.46. The van der Waals surface area contributed by atoms with Crippen molar-refractivity contribution in [1.29, 1.82) is 0 Å². The normalized spacial score (nSPS) is 13.2. The van der Waals surface area contributed by atoms with Gasteiger partial charge in [-0.2, -0.15) is 0 Å². The predicted octanol–water partition coefficient (Wildman–Crippen LogP) is 4.68. The van der Waals surface area contributed by atoms with Gasteiger partial charge in [-0.1, -0.05) is 19.1 Å². The zero-order chi connectivity index (χ0) is 14.5. The third-order valence-electron chi connectivity index (χ3n) is 3.86. The standard InChI is InChI=1S/C18H22N2S/c1-2-10-19-18-9-6-14(12-20-18)13-21-17-8-7-15-4-3-5-16(15)11-17/h6-9,11-12H,2-5,10,13H2,1H3,(H,19,20). The number of anilines is 1. The molecule has 3 heteroatoms. The van der Waals surface area contributed by atoms with Gasteiger partial charge in [-0.3, -0.25) is 0 Å². The van der Waals surface area contributed by atoms with E-state index in [4.69, 9.17) is 0 Å². The first-order valence-corrected chi connectivity index (χ1v) is 8.77. The Kier molecular flexibility index (Phi) is 4.81. The molecule has 2 nitrogen and oxygen atoms in total. The van der Waals surface area contributed by atoms with Crippen LogP contribution in [0.2, 0.25) is 0 Å². The maximum absolute atomic E-state index is 4.46. The Morgan fingerprint density at radius 2 is 2.05 bits per heavy atom. The maximum Gasteiger partial charge on any atom is 0.125 e. The fourth-order valence-electron chi connectivity index (χ4n) is 2.67. The molecule has 0 amide bonds. The summed E-state index contributed by atoms with van der Waals surface area (Å²) < 4.78 is 0. The van der Waals surface area contributed by atoms with Crippen molar-refractivity contribution >= 4 is 17.6 Å². The van der Waals surface area contributed by atoms with E-state index in [1.165, 1.54) is 29.7 Å². The van der Waals surface area contributed by atoms with E-state index in [0.29, 0.717) is 0 Å². The number of aryl methyl sites for hydroxylation is 2. The second kappa shape index (κ2) is 6.99. The second-order valence-corrected chi connectivity index (χ2v) is 6.60. The lowest BCUT2D eigenvalue weighted by atomic mass is 10.1. The summed E-state index contributed by atoms with van der Waals surface area (Å²) in [6.07, 6.45) is 6.94. The summed E-state index contributed by atoms with van der Waals surface area (Å²) in [5, 5.41) is 3.31. The molecule has 0 saturated carbocycles. The van der Waals surface area contributed by atoms with Crippen molar-refractivity contribution in [1.82, 2.24) is 4.98 Å². The van der Waals surface area contributed by atoms with Crippen molar-refractivity contribution in [3.05, 3.63) is 53.2 Å². The number of fused-ring (bicyclic) bond motifs is 1. The third-order valence-corrected chi connectivity index (χ3v) is 4.92. The SMILES string of the molecule is CCCNc1ccc(CSc2ccc3c(c2)CCC3)cn1. The fraction of sp³-hybridized carbons (Fsp3) is 0.389. The summed E-state index contributed by atoms with van der Waals surface area (Å²) >= 11 is 1.90. The highest BCUT2D eigenvalue weighted by molar-refractivity contribution is 7.98. The van der Waals surface area contributed by atoms with Gasteiger partial charge < -0.3 is 5.32 Å². The van der Waals surface area contributed by atoms with Crippen LogP contribution in [0.3, 0.4) is 0 Å². The van der Waals surface area contributed by atoms with E-state index in [0.717, 1.165) is 24.5 Å². The Hall–Kier alpha value is -1.48. The van der Waals surface area contributed by atoms with Crippen LogP contribution in [0.25, 0.3) is 0 Å². The Balaban J connectivity index is 1.57. The van der Waals surface area contributed by atoms with Gasteiger partial charge in [-0.15, -0.1) is 11.8 Å². The summed E-state index contributed by atoms with van der Waals surface area (Å²) in [4.78, 5) is 5.84. The Morgan fingerprint density at radius 1 is 1.14 bits per heavy atom. The molecule has 1 aliphatic rings. The molecular formula is C18H22N2S. The first kappa shape index (κ1) is 14.5. The molecule has 0 radical (unpaired) electrons. The molecule has 0 unspecified atom stereocenters. The molecule has 0 saturated heterocycles. The Labute approximate surface area is 131 Å². The molecule has 1 aromatic heterocycles. The van der Waals surface area contributed by atoms with Crippen molar-refractivity contribution in [2.24, 2.45) is 0 Å². The van der Waals surface area contributed by atoms with Crippen LogP contribution < -0.4 is 5.32 Å². The number of rotatable bonds is 6. The highest BCUT2D eigenvalue weighted by Crippen LogP contribution is 2.29. The average Bonchev–Trinajstić information content (AvgIpc) is 2.99. The fourth-order valence-corrected chi connectivity index (χ4v) is 3.57. The van der Waals surface area contributed by atoms with E-state index in [-0.39, 0.29) is 0 Å². The molecular weight excluding hydrogens is 276 g/mol. The van der Waals surface area contributed by atoms with E-state index in [2.05, 4.69) is 47.6 Å². The quantitative estimate of drug-likeness (QED) is 0.783. The molecule has 0 spiro atoms. The van der Waals surface area contributed by atoms with Gasteiger partial charge in [0.25, 0.3) is 0 Å². The van der Waals surface area contributed by atoms with Crippen molar-refractivity contribution in [2.75, 3.05) is 11.9 Å². The van der Waals surface area contributed by atoms with Crippen molar-refractivity contribution in [3.63, 3.8) is 0 Å². The largest absolute Gasteiger partial charge is 0.370 e. The zero-order valence-electron chi connectivity index (χ0n) is 12.6. The number of benzene rings is 1. The summed E-state index contributed by atoms with van der Waals surface area (Å²) in [6.45, 7) is 3.14. The van der Waals surface area contributed by atoms with Gasteiger partial charge in [-0.25, -0.2) is 4.98 Å². The van der Waals surface area contributed by atoms with E-state index in [9.17, 15) is 0 Å². The number of thioether (sulfide) groups is 1. The Bertz CT molecular complexity index is 593. The lowest BCUT2D eigenvalue weighted by Crippen LogP contribution is -2.01. The number of hydrogen-bond donors (Lipinski definition) is 1. The predicted molar refractivity (Wildman–Crippen MR) is 91.0 cm³/mol. The van der Waals surface area contributed by atoms with Crippen molar-refractivity contribution in [3.8, 4) is 0 Å². The lowest BCUT2D eigenvalue weighted by Gasteiger charge is -2.07. The van der Waals surface area contributed by atoms with Gasteiger partial charge in [0.1, 0.15) is 5.82 Å². The van der Waals surface area contributed by atoms with E-state index >= 15 is 0 Å². The topological polar surface area (TPSA) is 24.9 Å². The van der Waals surface area contributed by atoms with Crippen LogP contribution in [0.4, 0.5) is 5.82 Å². The molecule has 0 aliphatic heterocycles. The second-order valence-electron chi connectivity index (χ2n) is 5.55. The first-order valence-electron chi connectivity index (χ1n) is 7.78. The summed E-state index contributed by atoms with van der Waals surface area (Å²) in [6, 6.07) is 11.2. The van der Waals surface area contributed by atoms with E-state index in [1.807, 2.05) is 18.0 Å². The summed E-state index contributed by atoms with van der Waals surface area (Å²) in [7, 11) is 0. The minimum absolute atomic E-state index is 0.975. The first-order chi connectivity index (χ1) is 10.3. The number of nitrogens with zero attached hydrogens (tertiary/aromatic N) is 1. The lowest BCUT2D eigenvalue weighted by molar-refractivity contribution is 0.911. The molecule has 1 N–H and O–H groups in total. The van der Waals surface area contributed by atoms with Crippen LogP contribution in [0, 0.1) is 0 Å². The summed E-state index contributed by atoms with van der Waals surface area (Å²) in [5.74, 6) is 1.96. The van der Waals surface area contributed by atoms with Crippen LogP contribution in [-0.4, -0.2) is 11.5 Å². The number of hydrogen-bond acceptors (Lipinski definition) is 3. The number of aromatic nitrogens is 1. The zero-order valence-corrected chi connectivity index (χ0v) is 13.4. The van der Waals surface area contributed by atoms with Gasteiger partial charge in [0.2, 0.25) is 0 Å². The van der Waals surface area contributed by atoms with E-state index in [1.54, 1.807) is 11.1 Å². The van der Waals surface area contributed by atoms with Crippen LogP contribution in [0.15, 0.2) is 41.4 Å². The summed E-state index contributed by atoms with van der Waals surface area (Å²) in [5.41, 5.74) is 4.38.